The van der Waals surface area contributed by atoms with Crippen molar-refractivity contribution in [2.75, 3.05) is 31.2 Å². The number of ether oxygens (including phenoxy) is 1. The lowest BCUT2D eigenvalue weighted by Crippen LogP contribution is -2.34. The first-order chi connectivity index (χ1) is 13.7. The Kier molecular flexibility index (Phi) is 7.44. The first-order valence-corrected chi connectivity index (χ1v) is 9.62. The van der Waals surface area contributed by atoms with Crippen LogP contribution in [0.1, 0.15) is 24.8 Å². The number of rotatable bonds is 8. The molecule has 7 nitrogen and oxygen atoms in total. The van der Waals surface area contributed by atoms with Crippen LogP contribution in [-0.4, -0.2) is 42.7 Å². The Morgan fingerprint density at radius 2 is 1.96 bits per heavy atom. The molecule has 2 aromatic rings. The minimum Gasteiger partial charge on any atom is -0.494 e. The molecule has 0 saturated carbocycles. The van der Waals surface area contributed by atoms with E-state index in [1.807, 2.05) is 36.4 Å². The fourth-order valence-corrected chi connectivity index (χ4v) is 3.19. The topological polar surface area (TPSA) is 83.6 Å². The van der Waals surface area contributed by atoms with E-state index in [1.54, 1.807) is 12.3 Å². The van der Waals surface area contributed by atoms with E-state index < -0.39 is 0 Å². The zero-order chi connectivity index (χ0) is 19.6. The summed E-state index contributed by atoms with van der Waals surface area (Å²) in [5, 5.41) is 20.6. The van der Waals surface area contributed by atoms with Crippen LogP contribution in [0.4, 0.5) is 5.82 Å². The molecule has 0 bridgehead atoms. The fraction of sp³-hybridized carbons (Fsp3) is 0.400. The summed E-state index contributed by atoms with van der Waals surface area (Å²) in [5.74, 6) is 2.38. The van der Waals surface area contributed by atoms with Gasteiger partial charge in [-0.2, -0.15) is 5.26 Å². The summed E-state index contributed by atoms with van der Waals surface area (Å²) in [6.07, 6.45) is 4.84. The van der Waals surface area contributed by atoms with Crippen LogP contribution in [0.15, 0.2) is 41.6 Å². The molecule has 0 unspecified atom stereocenters. The van der Waals surface area contributed by atoms with E-state index in [0.29, 0.717) is 17.7 Å². The Balaban J connectivity index is 1.36. The average Bonchev–Trinajstić information content (AvgIpc) is 2.73. The van der Waals surface area contributed by atoms with Gasteiger partial charge in [0.05, 0.1) is 12.8 Å². The summed E-state index contributed by atoms with van der Waals surface area (Å²) in [5.41, 5.74) is 0.892. The van der Waals surface area contributed by atoms with E-state index in [9.17, 15) is 0 Å². The minimum absolute atomic E-state index is 0.0519. The molecule has 1 saturated heterocycles. The molecule has 1 aliphatic heterocycles. The van der Waals surface area contributed by atoms with Gasteiger partial charge in [-0.3, -0.25) is 0 Å². The van der Waals surface area contributed by atoms with E-state index in [2.05, 4.69) is 20.3 Å². The largest absolute Gasteiger partial charge is 0.494 e. The van der Waals surface area contributed by atoms with E-state index in [-0.39, 0.29) is 6.61 Å². The standard InChI is InChI=1S/C20H22ClN5O2/c21-19-5-6-20(25-24-19)26-11-7-16(8-12-26)9-13-27-18-3-1-17(2-4-18)15-23-28-14-10-22/h1-6,15-16H,7-9,11-14H2. The number of benzene rings is 1. The number of halogens is 1. The van der Waals surface area contributed by atoms with Crippen LogP contribution >= 0.6 is 11.6 Å². The third-order valence-corrected chi connectivity index (χ3v) is 4.84. The molecular weight excluding hydrogens is 378 g/mol. The summed E-state index contributed by atoms with van der Waals surface area (Å²) in [6, 6.07) is 13.2. The van der Waals surface area contributed by atoms with Crippen molar-refractivity contribution in [2.45, 2.75) is 19.3 Å². The molecule has 0 spiro atoms. The normalized spacial score (nSPS) is 14.8. The van der Waals surface area contributed by atoms with Gasteiger partial charge >= 0.3 is 0 Å². The Hall–Kier alpha value is -2.85. The predicted molar refractivity (Wildman–Crippen MR) is 108 cm³/mol. The number of anilines is 1. The lowest BCUT2D eigenvalue weighted by atomic mass is 9.94. The van der Waals surface area contributed by atoms with Gasteiger partial charge in [0, 0.05) is 13.1 Å². The molecule has 8 heteroatoms. The predicted octanol–water partition coefficient (Wildman–Crippen LogP) is 3.69. The molecule has 0 amide bonds. The maximum Gasteiger partial charge on any atom is 0.202 e. The second-order valence-corrected chi connectivity index (χ2v) is 6.90. The van der Waals surface area contributed by atoms with Gasteiger partial charge in [0.2, 0.25) is 6.61 Å². The summed E-state index contributed by atoms with van der Waals surface area (Å²) in [4.78, 5) is 7.00. The maximum absolute atomic E-state index is 8.37. The number of nitrogens with zero attached hydrogens (tertiary/aromatic N) is 5. The number of hydrogen-bond acceptors (Lipinski definition) is 7. The molecular formula is C20H22ClN5O2. The second-order valence-electron chi connectivity index (χ2n) is 6.52. The van der Waals surface area contributed by atoms with Crippen LogP contribution in [0.3, 0.4) is 0 Å². The van der Waals surface area contributed by atoms with Gasteiger partial charge in [-0.05, 0) is 67.1 Å². The lowest BCUT2D eigenvalue weighted by molar-refractivity contribution is 0.180. The van der Waals surface area contributed by atoms with Gasteiger partial charge in [-0.1, -0.05) is 16.8 Å². The molecule has 146 valence electrons. The van der Waals surface area contributed by atoms with Crippen LogP contribution in [0.2, 0.25) is 5.15 Å². The number of nitriles is 1. The fourth-order valence-electron chi connectivity index (χ4n) is 3.09. The van der Waals surface area contributed by atoms with Gasteiger partial charge < -0.3 is 14.5 Å². The Morgan fingerprint density at radius 1 is 1.18 bits per heavy atom. The molecule has 28 heavy (non-hydrogen) atoms. The highest BCUT2D eigenvalue weighted by Gasteiger charge is 2.20. The van der Waals surface area contributed by atoms with Gasteiger partial charge in [0.1, 0.15) is 11.8 Å². The van der Waals surface area contributed by atoms with E-state index in [1.165, 1.54) is 0 Å². The second kappa shape index (κ2) is 10.5. The Morgan fingerprint density at radius 3 is 2.64 bits per heavy atom. The van der Waals surface area contributed by atoms with Crippen molar-refractivity contribution in [3.63, 3.8) is 0 Å². The highest BCUT2D eigenvalue weighted by Crippen LogP contribution is 2.24. The molecule has 0 atom stereocenters. The lowest BCUT2D eigenvalue weighted by Gasteiger charge is -2.32. The van der Waals surface area contributed by atoms with Gasteiger partial charge in [0.25, 0.3) is 0 Å². The first-order valence-electron chi connectivity index (χ1n) is 9.24. The number of hydrogen-bond donors (Lipinski definition) is 0. The molecule has 1 aliphatic rings. The van der Waals surface area contributed by atoms with Crippen LogP contribution < -0.4 is 9.64 Å². The molecule has 3 rings (SSSR count). The van der Waals surface area contributed by atoms with Crippen molar-refractivity contribution in [1.82, 2.24) is 10.2 Å². The van der Waals surface area contributed by atoms with Crippen LogP contribution in [0.5, 0.6) is 5.75 Å². The average molecular weight is 400 g/mol. The Bertz CT molecular complexity index is 797. The number of aromatic nitrogens is 2. The quantitative estimate of drug-likeness (QED) is 0.382. The third-order valence-electron chi connectivity index (χ3n) is 4.64. The first kappa shape index (κ1) is 19.9. The summed E-state index contributed by atoms with van der Waals surface area (Å²) in [6.45, 7) is 2.60. The maximum atomic E-state index is 8.37. The van der Waals surface area contributed by atoms with Gasteiger partial charge in [-0.25, -0.2) is 0 Å². The monoisotopic (exact) mass is 399 g/mol. The SMILES string of the molecule is N#CCON=Cc1ccc(OCCC2CCN(c3ccc(Cl)nn3)CC2)cc1. The van der Waals surface area contributed by atoms with Crippen molar-refractivity contribution in [2.24, 2.45) is 11.1 Å². The van der Waals surface area contributed by atoms with Crippen molar-refractivity contribution in [1.29, 1.82) is 5.26 Å². The zero-order valence-electron chi connectivity index (χ0n) is 15.5. The highest BCUT2D eigenvalue weighted by atomic mass is 35.5. The highest BCUT2D eigenvalue weighted by molar-refractivity contribution is 6.29. The van der Waals surface area contributed by atoms with Crippen molar-refractivity contribution < 1.29 is 9.57 Å². The minimum atomic E-state index is -0.0519. The van der Waals surface area contributed by atoms with Gasteiger partial charge in [-0.15, -0.1) is 10.2 Å². The van der Waals surface area contributed by atoms with Crippen molar-refractivity contribution in [3.8, 4) is 11.8 Å². The summed E-state index contributed by atoms with van der Waals surface area (Å²) < 4.78 is 5.86. The van der Waals surface area contributed by atoms with Crippen LogP contribution in [0, 0.1) is 17.2 Å². The smallest absolute Gasteiger partial charge is 0.202 e. The zero-order valence-corrected chi connectivity index (χ0v) is 16.3. The van der Waals surface area contributed by atoms with E-state index in [4.69, 9.17) is 26.4 Å². The summed E-state index contributed by atoms with van der Waals surface area (Å²) >= 11 is 5.80. The molecule has 0 aliphatic carbocycles. The molecule has 1 aromatic carbocycles. The number of piperidine rings is 1. The number of oxime groups is 1. The third kappa shape index (κ3) is 6.10. The van der Waals surface area contributed by atoms with Crippen molar-refractivity contribution >= 4 is 23.6 Å². The Labute approximate surface area is 169 Å². The molecule has 1 aromatic heterocycles. The van der Waals surface area contributed by atoms with Gasteiger partial charge in [0.15, 0.2) is 11.0 Å². The van der Waals surface area contributed by atoms with Crippen LogP contribution in [-0.2, 0) is 4.84 Å². The molecule has 0 radical (unpaired) electrons. The molecule has 1 fully saturated rings. The molecule has 0 N–H and O–H groups in total. The van der Waals surface area contributed by atoms with E-state index >= 15 is 0 Å². The van der Waals surface area contributed by atoms with E-state index in [0.717, 1.165) is 49.5 Å². The van der Waals surface area contributed by atoms with Crippen LogP contribution in [0.25, 0.3) is 0 Å². The molecule has 2 heterocycles. The summed E-state index contributed by atoms with van der Waals surface area (Å²) in [7, 11) is 0. The van der Waals surface area contributed by atoms with Crippen molar-refractivity contribution in [3.05, 3.63) is 47.1 Å².